The van der Waals surface area contributed by atoms with Crippen molar-refractivity contribution < 1.29 is 14.3 Å². The normalized spacial score (nSPS) is 16.5. The summed E-state index contributed by atoms with van der Waals surface area (Å²) in [5.41, 5.74) is 0. The SMILES string of the molecule is O=C(O)N1CCC(c2nnc(Cn3nccn3)o2)CC1. The molecule has 0 spiro atoms. The summed E-state index contributed by atoms with van der Waals surface area (Å²) in [5, 5.41) is 24.8. The molecule has 3 heterocycles. The zero-order valence-corrected chi connectivity index (χ0v) is 10.7. The summed E-state index contributed by atoms with van der Waals surface area (Å²) in [6.45, 7) is 1.34. The first kappa shape index (κ1) is 12.6. The van der Waals surface area contributed by atoms with Crippen molar-refractivity contribution >= 4 is 6.09 Å². The van der Waals surface area contributed by atoms with Crippen LogP contribution in [0.1, 0.15) is 30.5 Å². The topological polar surface area (TPSA) is 110 Å². The van der Waals surface area contributed by atoms with Gasteiger partial charge in [-0.1, -0.05) is 0 Å². The van der Waals surface area contributed by atoms with Gasteiger partial charge in [0.05, 0.1) is 12.4 Å². The fourth-order valence-electron chi connectivity index (χ4n) is 2.26. The summed E-state index contributed by atoms with van der Waals surface area (Å²) in [6, 6.07) is 0. The van der Waals surface area contributed by atoms with E-state index in [1.54, 1.807) is 12.4 Å². The second-order valence-electron chi connectivity index (χ2n) is 4.64. The van der Waals surface area contributed by atoms with E-state index in [1.165, 1.54) is 9.70 Å². The van der Waals surface area contributed by atoms with Crippen molar-refractivity contribution in [2.75, 3.05) is 13.1 Å². The van der Waals surface area contributed by atoms with Gasteiger partial charge in [0.1, 0.15) is 6.54 Å². The molecule has 2 aromatic rings. The van der Waals surface area contributed by atoms with E-state index in [2.05, 4.69) is 20.4 Å². The lowest BCUT2D eigenvalue weighted by Crippen LogP contribution is -2.36. The van der Waals surface area contributed by atoms with Gasteiger partial charge < -0.3 is 14.4 Å². The molecule has 9 nitrogen and oxygen atoms in total. The number of hydrogen-bond donors (Lipinski definition) is 1. The Kier molecular flexibility index (Phi) is 3.32. The molecule has 20 heavy (non-hydrogen) atoms. The summed E-state index contributed by atoms with van der Waals surface area (Å²) in [6.07, 6.45) is 3.69. The highest BCUT2D eigenvalue weighted by atomic mass is 16.4. The third-order valence-electron chi connectivity index (χ3n) is 3.34. The molecule has 9 heteroatoms. The van der Waals surface area contributed by atoms with Gasteiger partial charge in [0.15, 0.2) is 0 Å². The second-order valence-corrected chi connectivity index (χ2v) is 4.64. The molecule has 106 valence electrons. The Morgan fingerprint density at radius 1 is 1.30 bits per heavy atom. The lowest BCUT2D eigenvalue weighted by atomic mass is 9.97. The van der Waals surface area contributed by atoms with Crippen LogP contribution in [0.4, 0.5) is 4.79 Å². The molecule has 0 aromatic carbocycles. The summed E-state index contributed by atoms with van der Waals surface area (Å²) in [4.78, 5) is 13.7. The number of aromatic nitrogens is 5. The molecule has 1 saturated heterocycles. The number of hydrogen-bond acceptors (Lipinski definition) is 6. The predicted molar refractivity (Wildman–Crippen MR) is 65.0 cm³/mol. The van der Waals surface area contributed by atoms with Crippen molar-refractivity contribution in [3.63, 3.8) is 0 Å². The standard InChI is InChI=1S/C11H14N6O3/c18-11(19)16-5-1-8(2-6-16)10-15-14-9(20-10)7-17-12-3-4-13-17/h3-4,8H,1-2,5-7H2,(H,18,19). The van der Waals surface area contributed by atoms with Crippen LogP contribution in [0, 0.1) is 0 Å². The molecule has 1 aliphatic heterocycles. The Morgan fingerprint density at radius 2 is 2.00 bits per heavy atom. The van der Waals surface area contributed by atoms with Crippen LogP contribution in [0.2, 0.25) is 0 Å². The highest BCUT2D eigenvalue weighted by molar-refractivity contribution is 5.65. The number of rotatable bonds is 3. The molecule has 1 amide bonds. The van der Waals surface area contributed by atoms with Gasteiger partial charge in [-0.2, -0.15) is 15.0 Å². The van der Waals surface area contributed by atoms with Crippen LogP contribution in [0.5, 0.6) is 0 Å². The van der Waals surface area contributed by atoms with Crippen molar-refractivity contribution in [2.45, 2.75) is 25.3 Å². The zero-order valence-electron chi connectivity index (χ0n) is 10.7. The number of amides is 1. The summed E-state index contributed by atoms with van der Waals surface area (Å²) in [7, 11) is 0. The third kappa shape index (κ3) is 2.60. The maximum absolute atomic E-state index is 10.8. The van der Waals surface area contributed by atoms with Gasteiger partial charge in [-0.05, 0) is 12.8 Å². The summed E-state index contributed by atoms with van der Waals surface area (Å²) < 4.78 is 5.60. The van der Waals surface area contributed by atoms with Crippen LogP contribution < -0.4 is 0 Å². The molecule has 3 rings (SSSR count). The lowest BCUT2D eigenvalue weighted by Gasteiger charge is -2.27. The Balaban J connectivity index is 1.61. The summed E-state index contributed by atoms with van der Waals surface area (Å²) in [5.74, 6) is 1.14. The maximum Gasteiger partial charge on any atom is 0.407 e. The molecule has 0 radical (unpaired) electrons. The van der Waals surface area contributed by atoms with Gasteiger partial charge >= 0.3 is 6.09 Å². The quantitative estimate of drug-likeness (QED) is 0.873. The first-order valence-electron chi connectivity index (χ1n) is 6.36. The monoisotopic (exact) mass is 278 g/mol. The zero-order chi connectivity index (χ0) is 13.9. The predicted octanol–water partition coefficient (Wildman–Crippen LogP) is 0.567. The van der Waals surface area contributed by atoms with Gasteiger partial charge in [0.2, 0.25) is 11.8 Å². The van der Waals surface area contributed by atoms with E-state index in [0.717, 1.165) is 0 Å². The molecule has 0 saturated carbocycles. The van der Waals surface area contributed by atoms with E-state index in [1.807, 2.05) is 0 Å². The molecule has 0 bridgehead atoms. The Bertz CT molecular complexity index is 573. The van der Waals surface area contributed by atoms with Crippen LogP contribution >= 0.6 is 0 Å². The molecule has 0 unspecified atom stereocenters. The molecule has 2 aromatic heterocycles. The molecular formula is C11H14N6O3. The van der Waals surface area contributed by atoms with E-state index in [0.29, 0.717) is 44.3 Å². The number of likely N-dealkylation sites (tertiary alicyclic amines) is 1. The molecule has 1 fully saturated rings. The molecule has 1 N–H and O–H groups in total. The van der Waals surface area contributed by atoms with Crippen LogP contribution in [0.25, 0.3) is 0 Å². The smallest absolute Gasteiger partial charge is 0.407 e. The van der Waals surface area contributed by atoms with E-state index in [9.17, 15) is 4.79 Å². The third-order valence-corrected chi connectivity index (χ3v) is 3.34. The minimum Gasteiger partial charge on any atom is -0.465 e. The van der Waals surface area contributed by atoms with Crippen LogP contribution in [-0.2, 0) is 6.54 Å². The van der Waals surface area contributed by atoms with Gasteiger partial charge in [-0.15, -0.1) is 10.2 Å². The highest BCUT2D eigenvalue weighted by Crippen LogP contribution is 2.27. The Hall–Kier alpha value is -2.45. The second kappa shape index (κ2) is 5.27. The van der Waals surface area contributed by atoms with Crippen molar-refractivity contribution in [1.82, 2.24) is 30.1 Å². The van der Waals surface area contributed by atoms with E-state index in [-0.39, 0.29) is 5.92 Å². The maximum atomic E-state index is 10.8. The van der Waals surface area contributed by atoms with Crippen LogP contribution in [0.3, 0.4) is 0 Å². The van der Waals surface area contributed by atoms with Crippen LogP contribution in [-0.4, -0.2) is 54.4 Å². The molecule has 0 aliphatic carbocycles. The fourth-order valence-corrected chi connectivity index (χ4v) is 2.26. The molecule has 0 atom stereocenters. The van der Waals surface area contributed by atoms with E-state index < -0.39 is 6.09 Å². The molecular weight excluding hydrogens is 264 g/mol. The van der Waals surface area contributed by atoms with Gasteiger partial charge in [-0.25, -0.2) is 4.79 Å². The number of piperidine rings is 1. The van der Waals surface area contributed by atoms with Crippen molar-refractivity contribution in [3.8, 4) is 0 Å². The highest BCUT2D eigenvalue weighted by Gasteiger charge is 2.27. The van der Waals surface area contributed by atoms with E-state index in [4.69, 9.17) is 9.52 Å². The lowest BCUT2D eigenvalue weighted by molar-refractivity contribution is 0.129. The molecule has 1 aliphatic rings. The average Bonchev–Trinajstić information content (AvgIpc) is 3.11. The number of carboxylic acid groups (broad SMARTS) is 1. The van der Waals surface area contributed by atoms with Gasteiger partial charge in [-0.3, -0.25) is 0 Å². The minimum absolute atomic E-state index is 0.123. The average molecular weight is 278 g/mol. The Morgan fingerprint density at radius 3 is 2.65 bits per heavy atom. The van der Waals surface area contributed by atoms with Gasteiger partial charge in [0.25, 0.3) is 0 Å². The van der Waals surface area contributed by atoms with Crippen molar-refractivity contribution in [3.05, 3.63) is 24.2 Å². The van der Waals surface area contributed by atoms with Gasteiger partial charge in [0, 0.05) is 19.0 Å². The number of nitrogens with zero attached hydrogens (tertiary/aromatic N) is 6. The van der Waals surface area contributed by atoms with Crippen molar-refractivity contribution in [1.29, 1.82) is 0 Å². The first-order valence-corrected chi connectivity index (χ1v) is 6.36. The number of carbonyl (C=O) groups is 1. The largest absolute Gasteiger partial charge is 0.465 e. The van der Waals surface area contributed by atoms with Crippen molar-refractivity contribution in [2.24, 2.45) is 0 Å². The minimum atomic E-state index is -0.876. The Labute approximate surface area is 114 Å². The summed E-state index contributed by atoms with van der Waals surface area (Å²) >= 11 is 0. The van der Waals surface area contributed by atoms with E-state index >= 15 is 0 Å². The first-order chi connectivity index (χ1) is 9.72. The van der Waals surface area contributed by atoms with Crippen LogP contribution in [0.15, 0.2) is 16.8 Å². The fraction of sp³-hybridized carbons (Fsp3) is 0.545.